The summed E-state index contributed by atoms with van der Waals surface area (Å²) in [6.45, 7) is 1.23. The van der Waals surface area contributed by atoms with Gasteiger partial charge in [0.1, 0.15) is 5.52 Å². The van der Waals surface area contributed by atoms with Crippen molar-refractivity contribution >= 4 is 17.1 Å². The van der Waals surface area contributed by atoms with Crippen LogP contribution in [0, 0.1) is 11.6 Å². The summed E-state index contributed by atoms with van der Waals surface area (Å²) in [6.07, 6.45) is 4.11. The summed E-state index contributed by atoms with van der Waals surface area (Å²) in [5, 5.41) is 1.80. The monoisotopic (exact) mass is 344 g/mol. The van der Waals surface area contributed by atoms with Crippen molar-refractivity contribution in [1.82, 2.24) is 24.9 Å². The maximum Gasteiger partial charge on any atom is 0.239 e. The lowest BCUT2D eigenvalue weighted by atomic mass is 10.1. The van der Waals surface area contributed by atoms with Crippen LogP contribution in [-0.2, 0) is 4.74 Å². The van der Waals surface area contributed by atoms with Crippen molar-refractivity contribution in [3.05, 3.63) is 54.0 Å². The Morgan fingerprint density at radius 3 is 2.96 bits per heavy atom. The molecule has 128 valence electrons. The molecule has 3 aromatic rings. The van der Waals surface area contributed by atoms with E-state index in [-0.39, 0.29) is 5.56 Å². The molecule has 1 atom stereocenters. The van der Waals surface area contributed by atoms with Crippen molar-refractivity contribution in [3.63, 3.8) is 0 Å². The van der Waals surface area contributed by atoms with Crippen LogP contribution in [-0.4, -0.2) is 44.6 Å². The highest BCUT2D eigenvalue weighted by Crippen LogP contribution is 2.26. The lowest BCUT2D eigenvalue weighted by molar-refractivity contribution is -0.0235. The Hall–Kier alpha value is -2.78. The van der Waals surface area contributed by atoms with Crippen LogP contribution in [0.15, 0.2) is 36.8 Å². The maximum atomic E-state index is 14.0. The zero-order chi connectivity index (χ0) is 17.2. The van der Waals surface area contributed by atoms with Crippen molar-refractivity contribution in [1.29, 1.82) is 0 Å². The second kappa shape index (κ2) is 6.61. The third-order valence-electron chi connectivity index (χ3n) is 3.88. The summed E-state index contributed by atoms with van der Waals surface area (Å²) in [6, 6.07) is 4.07. The summed E-state index contributed by atoms with van der Waals surface area (Å²) in [5.41, 5.74) is 4.31. The molecule has 1 N–H and O–H groups in total. The SMILES string of the molecule is Fc1cccc(C2CN(Nc3ncc4nccnc4n3)CCO2)c1F. The molecule has 1 aromatic carbocycles. The molecule has 2 aromatic heterocycles. The number of morpholine rings is 1. The molecule has 1 fully saturated rings. The fourth-order valence-corrected chi connectivity index (χ4v) is 2.67. The van der Waals surface area contributed by atoms with E-state index in [2.05, 4.69) is 25.4 Å². The van der Waals surface area contributed by atoms with Crippen molar-refractivity contribution < 1.29 is 13.5 Å². The van der Waals surface area contributed by atoms with E-state index < -0.39 is 17.7 Å². The van der Waals surface area contributed by atoms with Gasteiger partial charge in [0, 0.05) is 31.0 Å². The largest absolute Gasteiger partial charge is 0.371 e. The molecule has 4 rings (SSSR count). The second-order valence-corrected chi connectivity index (χ2v) is 5.52. The van der Waals surface area contributed by atoms with E-state index >= 15 is 0 Å². The lowest BCUT2D eigenvalue weighted by Crippen LogP contribution is -2.42. The molecule has 0 amide bonds. The molecule has 25 heavy (non-hydrogen) atoms. The first-order valence-electron chi connectivity index (χ1n) is 7.71. The number of halogens is 2. The number of aromatic nitrogens is 4. The Morgan fingerprint density at radius 2 is 2.04 bits per heavy atom. The minimum absolute atomic E-state index is 0.191. The van der Waals surface area contributed by atoms with E-state index in [9.17, 15) is 8.78 Å². The number of hydrogen-bond donors (Lipinski definition) is 1. The molecular formula is C16H14F2N6O. The zero-order valence-electron chi connectivity index (χ0n) is 13.1. The van der Waals surface area contributed by atoms with Gasteiger partial charge in [-0.25, -0.2) is 28.7 Å². The van der Waals surface area contributed by atoms with Gasteiger partial charge in [-0.05, 0) is 6.07 Å². The summed E-state index contributed by atoms with van der Waals surface area (Å²) in [4.78, 5) is 16.7. The number of fused-ring (bicyclic) bond motifs is 1. The number of anilines is 1. The number of benzene rings is 1. The van der Waals surface area contributed by atoms with Crippen molar-refractivity contribution in [2.24, 2.45) is 0 Å². The molecule has 0 aliphatic carbocycles. The Bertz CT molecular complexity index is 909. The predicted octanol–water partition coefficient (Wildman–Crippen LogP) is 2.10. The average Bonchev–Trinajstić information content (AvgIpc) is 2.64. The Balaban J connectivity index is 1.51. The molecule has 1 unspecified atom stereocenters. The summed E-state index contributed by atoms with van der Waals surface area (Å²) in [5.74, 6) is -1.41. The smallest absolute Gasteiger partial charge is 0.239 e. The normalized spacial score (nSPS) is 18.4. The van der Waals surface area contributed by atoms with E-state index in [1.807, 2.05) is 0 Å². The number of rotatable bonds is 3. The first-order chi connectivity index (χ1) is 12.2. The minimum Gasteiger partial charge on any atom is -0.371 e. The molecule has 3 heterocycles. The summed E-state index contributed by atoms with van der Waals surface area (Å²) >= 11 is 0. The maximum absolute atomic E-state index is 14.0. The van der Waals surface area contributed by atoms with Gasteiger partial charge in [0.05, 0.1) is 18.9 Å². The third-order valence-corrected chi connectivity index (χ3v) is 3.88. The second-order valence-electron chi connectivity index (χ2n) is 5.52. The average molecular weight is 344 g/mol. The molecule has 9 heteroatoms. The molecule has 1 aliphatic rings. The predicted molar refractivity (Wildman–Crippen MR) is 85.4 cm³/mol. The standard InChI is InChI=1S/C16H14F2N6O/c17-11-3-1-2-10(14(11)18)13-9-24(6-7-25-13)23-16-21-8-12-15(22-16)20-5-4-19-12/h1-5,8,13H,6-7,9H2,(H,20,21,22,23). The van der Waals surface area contributed by atoms with E-state index in [4.69, 9.17) is 4.74 Å². The van der Waals surface area contributed by atoms with E-state index in [1.165, 1.54) is 12.1 Å². The topological polar surface area (TPSA) is 76.1 Å². The molecule has 1 saturated heterocycles. The molecular weight excluding hydrogens is 330 g/mol. The Morgan fingerprint density at radius 1 is 1.16 bits per heavy atom. The first-order valence-corrected chi connectivity index (χ1v) is 7.71. The van der Waals surface area contributed by atoms with Gasteiger partial charge in [-0.2, -0.15) is 4.98 Å². The van der Waals surface area contributed by atoms with Crippen molar-refractivity contribution in [2.45, 2.75) is 6.10 Å². The number of hydrazine groups is 1. The van der Waals surface area contributed by atoms with E-state index in [1.54, 1.807) is 23.6 Å². The van der Waals surface area contributed by atoms with Gasteiger partial charge in [-0.3, -0.25) is 5.43 Å². The van der Waals surface area contributed by atoms with Crippen LogP contribution in [0.25, 0.3) is 11.2 Å². The van der Waals surface area contributed by atoms with Crippen LogP contribution in [0.4, 0.5) is 14.7 Å². The molecule has 0 spiro atoms. The molecule has 0 radical (unpaired) electrons. The fraction of sp³-hybridized carbons (Fsp3) is 0.250. The fourth-order valence-electron chi connectivity index (χ4n) is 2.67. The van der Waals surface area contributed by atoms with Gasteiger partial charge in [0.25, 0.3) is 0 Å². The van der Waals surface area contributed by atoms with Gasteiger partial charge in [-0.15, -0.1) is 0 Å². The number of ether oxygens (including phenoxy) is 1. The summed E-state index contributed by atoms with van der Waals surface area (Å²) < 4.78 is 33.0. The van der Waals surface area contributed by atoms with Crippen LogP contribution >= 0.6 is 0 Å². The van der Waals surface area contributed by atoms with E-state index in [0.717, 1.165) is 6.07 Å². The van der Waals surface area contributed by atoms with Crippen LogP contribution < -0.4 is 5.43 Å². The first kappa shape index (κ1) is 15.7. The summed E-state index contributed by atoms with van der Waals surface area (Å²) in [7, 11) is 0. The third kappa shape index (κ3) is 3.24. The molecule has 1 aliphatic heterocycles. The number of nitrogens with one attached hydrogen (secondary N) is 1. The minimum atomic E-state index is -0.886. The number of nitrogens with zero attached hydrogens (tertiary/aromatic N) is 5. The van der Waals surface area contributed by atoms with Crippen molar-refractivity contribution in [3.8, 4) is 0 Å². The quantitative estimate of drug-likeness (QED) is 0.780. The molecule has 7 nitrogen and oxygen atoms in total. The highest BCUT2D eigenvalue weighted by molar-refractivity contribution is 5.68. The van der Waals surface area contributed by atoms with Gasteiger partial charge < -0.3 is 4.74 Å². The van der Waals surface area contributed by atoms with Crippen LogP contribution in [0.3, 0.4) is 0 Å². The van der Waals surface area contributed by atoms with Crippen LogP contribution in [0.2, 0.25) is 0 Å². The molecule has 0 bridgehead atoms. The van der Waals surface area contributed by atoms with Crippen molar-refractivity contribution in [2.75, 3.05) is 25.1 Å². The Kier molecular flexibility index (Phi) is 4.16. The van der Waals surface area contributed by atoms with Crippen LogP contribution in [0.1, 0.15) is 11.7 Å². The van der Waals surface area contributed by atoms with Gasteiger partial charge >= 0.3 is 0 Å². The van der Waals surface area contributed by atoms with E-state index in [0.29, 0.717) is 36.8 Å². The zero-order valence-corrected chi connectivity index (χ0v) is 13.1. The highest BCUT2D eigenvalue weighted by Gasteiger charge is 2.26. The van der Waals surface area contributed by atoms with Gasteiger partial charge in [0.15, 0.2) is 17.3 Å². The highest BCUT2D eigenvalue weighted by atomic mass is 19.2. The number of hydrogen-bond acceptors (Lipinski definition) is 7. The lowest BCUT2D eigenvalue weighted by Gasteiger charge is -2.33. The van der Waals surface area contributed by atoms with Gasteiger partial charge in [-0.1, -0.05) is 12.1 Å². The molecule has 0 saturated carbocycles. The van der Waals surface area contributed by atoms with Crippen LogP contribution in [0.5, 0.6) is 0 Å². The Labute approximate surface area is 141 Å². The van der Waals surface area contributed by atoms with Gasteiger partial charge in [0.2, 0.25) is 5.95 Å².